The fourth-order valence-corrected chi connectivity index (χ4v) is 4.12. The molecular weight excluding hydrogens is 446 g/mol. The minimum absolute atomic E-state index is 0.350. The highest BCUT2D eigenvalue weighted by molar-refractivity contribution is 6.32. The molecule has 0 saturated heterocycles. The van der Waals surface area contributed by atoms with E-state index in [4.69, 9.17) is 27.1 Å². The van der Waals surface area contributed by atoms with Crippen LogP contribution in [0.4, 0.5) is 0 Å². The molecule has 5 nitrogen and oxygen atoms in total. The van der Waals surface area contributed by atoms with Gasteiger partial charge < -0.3 is 15.5 Å². The third kappa shape index (κ3) is 4.65. The fraction of sp³-hybridized carbons (Fsp3) is 0.0714. The van der Waals surface area contributed by atoms with Crippen LogP contribution < -0.4 is 10.5 Å². The summed E-state index contributed by atoms with van der Waals surface area (Å²) in [5.41, 5.74) is 10.3. The minimum atomic E-state index is -0.417. The van der Waals surface area contributed by atoms with Crippen LogP contribution >= 0.6 is 11.6 Å². The van der Waals surface area contributed by atoms with Crippen molar-refractivity contribution in [3.05, 3.63) is 113 Å². The van der Waals surface area contributed by atoms with Crippen molar-refractivity contribution < 1.29 is 9.53 Å². The number of hydrogen-bond donors (Lipinski definition) is 2. The Balaban J connectivity index is 1.39. The highest BCUT2D eigenvalue weighted by atomic mass is 35.5. The van der Waals surface area contributed by atoms with Crippen LogP contribution in [-0.2, 0) is 11.2 Å². The SMILES string of the molecule is NC(=O)C(Cc1ccccc1)c1ccc2nc(-c3ccc(Oc4ccccc4Cl)cc3)[nH]c2c1. The Morgan fingerprint density at radius 1 is 0.941 bits per heavy atom. The molecule has 168 valence electrons. The van der Waals surface area contributed by atoms with Crippen LogP contribution in [0.25, 0.3) is 22.4 Å². The van der Waals surface area contributed by atoms with Crippen molar-refractivity contribution >= 4 is 28.5 Å². The van der Waals surface area contributed by atoms with Crippen molar-refractivity contribution in [2.75, 3.05) is 0 Å². The van der Waals surface area contributed by atoms with Crippen LogP contribution in [0.5, 0.6) is 11.5 Å². The Morgan fingerprint density at radius 2 is 1.68 bits per heavy atom. The standard InChI is InChI=1S/C28H22ClN3O2/c29-23-8-4-5-9-26(23)34-21-13-10-19(11-14-21)28-31-24-15-12-20(17-25(24)32-28)22(27(30)33)16-18-6-2-1-3-7-18/h1-15,17,22H,16H2,(H2,30,33)(H,31,32). The van der Waals surface area contributed by atoms with Crippen molar-refractivity contribution in [1.29, 1.82) is 0 Å². The summed E-state index contributed by atoms with van der Waals surface area (Å²) in [4.78, 5) is 20.3. The number of fused-ring (bicyclic) bond motifs is 1. The lowest BCUT2D eigenvalue weighted by molar-refractivity contribution is -0.119. The molecule has 0 aliphatic carbocycles. The quantitative estimate of drug-likeness (QED) is 0.287. The summed E-state index contributed by atoms with van der Waals surface area (Å²) in [6.07, 6.45) is 0.551. The zero-order chi connectivity index (χ0) is 23.5. The lowest BCUT2D eigenvalue weighted by Gasteiger charge is -2.14. The maximum Gasteiger partial charge on any atom is 0.225 e. The maximum atomic E-state index is 12.2. The van der Waals surface area contributed by atoms with Gasteiger partial charge in [0.25, 0.3) is 0 Å². The fourth-order valence-electron chi connectivity index (χ4n) is 3.95. The number of carbonyl (C=O) groups excluding carboxylic acids is 1. The minimum Gasteiger partial charge on any atom is -0.456 e. The second kappa shape index (κ2) is 9.41. The second-order valence-electron chi connectivity index (χ2n) is 8.06. The summed E-state index contributed by atoms with van der Waals surface area (Å²) in [5.74, 6) is 1.25. The lowest BCUT2D eigenvalue weighted by Crippen LogP contribution is -2.23. The van der Waals surface area contributed by atoms with E-state index in [1.165, 1.54) is 0 Å². The molecule has 1 atom stereocenters. The molecule has 0 aliphatic heterocycles. The molecule has 0 aliphatic rings. The third-order valence-corrected chi connectivity index (χ3v) is 6.04. The van der Waals surface area contributed by atoms with Crippen LogP contribution in [0.1, 0.15) is 17.0 Å². The molecule has 34 heavy (non-hydrogen) atoms. The molecule has 3 N–H and O–H groups in total. The molecule has 1 amide bonds. The van der Waals surface area contributed by atoms with E-state index in [9.17, 15) is 4.79 Å². The van der Waals surface area contributed by atoms with Gasteiger partial charge in [-0.25, -0.2) is 4.98 Å². The van der Waals surface area contributed by atoms with Gasteiger partial charge in [0.05, 0.1) is 22.0 Å². The van der Waals surface area contributed by atoms with Gasteiger partial charge in [-0.15, -0.1) is 0 Å². The number of benzene rings is 4. The number of aromatic amines is 1. The molecule has 4 aromatic carbocycles. The smallest absolute Gasteiger partial charge is 0.225 e. The van der Waals surface area contributed by atoms with Crippen molar-refractivity contribution in [2.24, 2.45) is 5.73 Å². The molecule has 1 heterocycles. The molecule has 6 heteroatoms. The van der Waals surface area contributed by atoms with Crippen LogP contribution in [0.2, 0.25) is 5.02 Å². The monoisotopic (exact) mass is 467 g/mol. The van der Waals surface area contributed by atoms with Gasteiger partial charge in [0.1, 0.15) is 17.3 Å². The first-order chi connectivity index (χ1) is 16.6. The van der Waals surface area contributed by atoms with Crippen LogP contribution in [0.3, 0.4) is 0 Å². The Kier molecular flexibility index (Phi) is 6.02. The average molecular weight is 468 g/mol. The van der Waals surface area contributed by atoms with Crippen molar-refractivity contribution in [3.8, 4) is 22.9 Å². The Labute approximate surface area is 202 Å². The predicted octanol–water partition coefficient (Wildman–Crippen LogP) is 6.49. The number of amides is 1. The van der Waals surface area contributed by atoms with E-state index in [-0.39, 0.29) is 5.91 Å². The number of nitrogens with zero attached hydrogens (tertiary/aromatic N) is 1. The summed E-state index contributed by atoms with van der Waals surface area (Å²) in [6, 6.07) is 30.6. The number of rotatable bonds is 7. The maximum absolute atomic E-state index is 12.2. The van der Waals surface area contributed by atoms with Gasteiger partial charge in [0, 0.05) is 5.56 Å². The summed E-state index contributed by atoms with van der Waals surface area (Å²) >= 11 is 6.18. The van der Waals surface area contributed by atoms with Gasteiger partial charge in [-0.1, -0.05) is 60.1 Å². The van der Waals surface area contributed by atoms with Crippen LogP contribution in [0.15, 0.2) is 97.1 Å². The van der Waals surface area contributed by atoms with Gasteiger partial charge in [-0.05, 0) is 66.1 Å². The van der Waals surface area contributed by atoms with E-state index >= 15 is 0 Å². The number of para-hydroxylation sites is 1. The van der Waals surface area contributed by atoms with Crippen LogP contribution in [-0.4, -0.2) is 15.9 Å². The van der Waals surface area contributed by atoms with Gasteiger partial charge in [0.15, 0.2) is 0 Å². The number of hydrogen-bond acceptors (Lipinski definition) is 3. The molecule has 0 spiro atoms. The highest BCUT2D eigenvalue weighted by Crippen LogP contribution is 2.31. The van der Waals surface area contributed by atoms with Gasteiger partial charge in [-0.3, -0.25) is 4.79 Å². The Hall–Kier alpha value is -4.09. The number of ether oxygens (including phenoxy) is 1. The summed E-state index contributed by atoms with van der Waals surface area (Å²) < 4.78 is 5.87. The van der Waals surface area contributed by atoms with E-state index in [1.54, 1.807) is 6.07 Å². The van der Waals surface area contributed by atoms with E-state index < -0.39 is 5.92 Å². The third-order valence-electron chi connectivity index (χ3n) is 5.73. The van der Waals surface area contributed by atoms with Crippen LogP contribution in [0, 0.1) is 0 Å². The molecule has 5 aromatic rings. The molecular formula is C28H22ClN3O2. The van der Waals surface area contributed by atoms with E-state index in [0.717, 1.165) is 33.5 Å². The van der Waals surface area contributed by atoms with Gasteiger partial charge in [-0.2, -0.15) is 0 Å². The van der Waals surface area contributed by atoms with Crippen molar-refractivity contribution in [3.63, 3.8) is 0 Å². The number of nitrogens with two attached hydrogens (primary N) is 1. The first kappa shape index (κ1) is 21.7. The summed E-state index contributed by atoms with van der Waals surface area (Å²) in [6.45, 7) is 0. The molecule has 0 fully saturated rings. The number of carbonyl (C=O) groups is 1. The molecule has 5 rings (SSSR count). The Bertz CT molecular complexity index is 1450. The number of aromatic nitrogens is 2. The predicted molar refractivity (Wildman–Crippen MR) is 135 cm³/mol. The molecule has 1 aromatic heterocycles. The lowest BCUT2D eigenvalue weighted by atomic mass is 9.91. The number of H-pyrrole nitrogens is 1. The number of halogens is 1. The first-order valence-corrected chi connectivity index (χ1v) is 11.3. The molecule has 0 bridgehead atoms. The Morgan fingerprint density at radius 3 is 2.41 bits per heavy atom. The topological polar surface area (TPSA) is 81.0 Å². The molecule has 0 radical (unpaired) electrons. The van der Waals surface area contributed by atoms with Crippen molar-refractivity contribution in [1.82, 2.24) is 9.97 Å². The van der Waals surface area contributed by atoms with Crippen molar-refractivity contribution in [2.45, 2.75) is 12.3 Å². The first-order valence-electron chi connectivity index (χ1n) is 10.9. The average Bonchev–Trinajstić information content (AvgIpc) is 3.28. The van der Waals surface area contributed by atoms with E-state index in [1.807, 2.05) is 91.0 Å². The number of primary amides is 1. The number of imidazole rings is 1. The zero-order valence-electron chi connectivity index (χ0n) is 18.2. The second-order valence-corrected chi connectivity index (χ2v) is 8.47. The number of nitrogens with one attached hydrogen (secondary N) is 1. The summed E-state index contributed by atoms with van der Waals surface area (Å²) in [7, 11) is 0. The van der Waals surface area contributed by atoms with E-state index in [0.29, 0.717) is 22.9 Å². The summed E-state index contributed by atoms with van der Waals surface area (Å²) in [5, 5.41) is 0.557. The normalized spacial score (nSPS) is 11.9. The van der Waals surface area contributed by atoms with Gasteiger partial charge >= 0.3 is 0 Å². The largest absolute Gasteiger partial charge is 0.456 e. The molecule has 0 saturated carbocycles. The molecule has 1 unspecified atom stereocenters. The van der Waals surface area contributed by atoms with Gasteiger partial charge in [0.2, 0.25) is 5.91 Å². The highest BCUT2D eigenvalue weighted by Gasteiger charge is 2.19. The zero-order valence-corrected chi connectivity index (χ0v) is 19.0. The van der Waals surface area contributed by atoms with E-state index in [2.05, 4.69) is 4.98 Å².